The Bertz CT molecular complexity index is 1090. The van der Waals surface area contributed by atoms with Gasteiger partial charge < -0.3 is 0 Å². The lowest BCUT2D eigenvalue weighted by atomic mass is 9.72. The van der Waals surface area contributed by atoms with Gasteiger partial charge in [-0.05, 0) is 71.4 Å². The van der Waals surface area contributed by atoms with Gasteiger partial charge in [-0.25, -0.2) is 8.42 Å². The van der Waals surface area contributed by atoms with Crippen LogP contribution in [-0.4, -0.2) is 25.8 Å². The quantitative estimate of drug-likeness (QED) is 0.764. The van der Waals surface area contributed by atoms with Crippen molar-refractivity contribution in [1.29, 1.82) is 0 Å². The third-order valence-corrected chi connectivity index (χ3v) is 9.03. The van der Waals surface area contributed by atoms with Crippen LogP contribution in [0.1, 0.15) is 34.9 Å². The lowest BCUT2D eigenvalue weighted by Gasteiger charge is -2.32. The van der Waals surface area contributed by atoms with Crippen molar-refractivity contribution in [3.63, 3.8) is 0 Å². The molecule has 2 bridgehead atoms. The fourth-order valence-corrected chi connectivity index (χ4v) is 7.28. The highest BCUT2D eigenvalue weighted by Crippen LogP contribution is 2.62. The van der Waals surface area contributed by atoms with Crippen LogP contribution in [0.25, 0.3) is 0 Å². The van der Waals surface area contributed by atoms with E-state index in [1.165, 1.54) is 28.7 Å². The Kier molecular flexibility index (Phi) is 3.40. The molecule has 2 fully saturated rings. The van der Waals surface area contributed by atoms with Crippen molar-refractivity contribution in [3.8, 4) is 0 Å². The van der Waals surface area contributed by atoms with E-state index in [-0.39, 0.29) is 0 Å². The summed E-state index contributed by atoms with van der Waals surface area (Å²) in [5.74, 6) is 2.25. The van der Waals surface area contributed by atoms with E-state index in [9.17, 15) is 8.42 Å². The summed E-state index contributed by atoms with van der Waals surface area (Å²) in [4.78, 5) is 0.394. The number of benzene rings is 2. The number of fused-ring (bicyclic) bond motifs is 9. The first kappa shape index (κ1) is 16.8. The van der Waals surface area contributed by atoms with E-state index in [1.807, 2.05) is 19.1 Å². The van der Waals surface area contributed by atoms with E-state index in [1.54, 1.807) is 16.4 Å². The molecule has 4 unspecified atom stereocenters. The molecule has 0 radical (unpaired) electrons. The molecule has 0 amide bonds. The minimum Gasteiger partial charge on any atom is -0.207 e. The molecular weight excluding hydrogens is 366 g/mol. The average molecular weight is 390 g/mol. The number of rotatable bonds is 2. The summed E-state index contributed by atoms with van der Waals surface area (Å²) in [6, 6.07) is 16.1. The molecule has 2 aromatic rings. The predicted molar refractivity (Wildman–Crippen MR) is 110 cm³/mol. The van der Waals surface area contributed by atoms with Gasteiger partial charge in [0, 0.05) is 13.1 Å². The first-order chi connectivity index (χ1) is 13.5. The Labute approximate surface area is 166 Å². The maximum Gasteiger partial charge on any atom is 0.243 e. The zero-order valence-electron chi connectivity index (χ0n) is 15.9. The molecule has 0 aromatic heterocycles. The number of hydrogen-bond donors (Lipinski definition) is 0. The molecule has 1 saturated heterocycles. The van der Waals surface area contributed by atoms with Crippen LogP contribution in [0.15, 0.2) is 76.7 Å². The lowest BCUT2D eigenvalue weighted by Crippen LogP contribution is -2.28. The summed E-state index contributed by atoms with van der Waals surface area (Å²) < 4.78 is 27.9. The number of nitrogens with zero attached hydrogens (tertiary/aromatic N) is 1. The van der Waals surface area contributed by atoms with Crippen molar-refractivity contribution < 1.29 is 8.42 Å². The first-order valence-corrected chi connectivity index (χ1v) is 11.5. The SMILES string of the molecule is Cc1ccc(S(=O)(=O)N2CC3=CC4C5CC(c6ccccc65)C4C=C3C2)cc1. The highest BCUT2D eigenvalue weighted by atomic mass is 32.2. The number of aryl methyl sites for hydroxylation is 1. The maximum atomic E-state index is 13.1. The second-order valence-electron chi connectivity index (χ2n) is 8.70. The van der Waals surface area contributed by atoms with Crippen molar-refractivity contribution in [3.05, 3.63) is 88.5 Å². The Hall–Kier alpha value is -2.17. The molecule has 3 aliphatic carbocycles. The predicted octanol–water partition coefficient (Wildman–Crippen LogP) is 4.38. The Morgan fingerprint density at radius 1 is 0.821 bits per heavy atom. The van der Waals surface area contributed by atoms with E-state index in [4.69, 9.17) is 0 Å². The number of allylic oxidation sites excluding steroid dienone is 2. The summed E-state index contributed by atoms with van der Waals surface area (Å²) >= 11 is 0. The minimum absolute atomic E-state index is 0.394. The average Bonchev–Trinajstić information content (AvgIpc) is 3.38. The molecule has 1 heterocycles. The third kappa shape index (κ3) is 2.22. The molecule has 142 valence electrons. The van der Waals surface area contributed by atoms with Crippen molar-refractivity contribution in [2.45, 2.75) is 30.1 Å². The summed E-state index contributed by atoms with van der Waals surface area (Å²) in [6.45, 7) is 2.98. The van der Waals surface area contributed by atoms with Crippen molar-refractivity contribution in [1.82, 2.24) is 4.31 Å². The Morgan fingerprint density at radius 3 is 1.89 bits per heavy atom. The van der Waals surface area contributed by atoms with Gasteiger partial charge in [0.25, 0.3) is 0 Å². The molecule has 4 atom stereocenters. The summed E-state index contributed by atoms with van der Waals surface area (Å²) in [5.41, 5.74) is 6.56. The van der Waals surface area contributed by atoms with Crippen LogP contribution >= 0.6 is 0 Å². The lowest BCUT2D eigenvalue weighted by molar-refractivity contribution is 0.455. The van der Waals surface area contributed by atoms with Crippen LogP contribution in [0, 0.1) is 18.8 Å². The molecule has 0 N–H and O–H groups in total. The van der Waals surface area contributed by atoms with E-state index in [0.29, 0.717) is 41.7 Å². The topological polar surface area (TPSA) is 37.4 Å². The van der Waals surface area contributed by atoms with Crippen LogP contribution in [0.5, 0.6) is 0 Å². The largest absolute Gasteiger partial charge is 0.243 e. The van der Waals surface area contributed by atoms with Gasteiger partial charge in [0.2, 0.25) is 10.0 Å². The summed E-state index contributed by atoms with van der Waals surface area (Å²) in [6.07, 6.45) is 6.06. The van der Waals surface area contributed by atoms with E-state index in [0.717, 1.165) is 5.56 Å². The molecule has 3 nitrogen and oxygen atoms in total. The van der Waals surface area contributed by atoms with Gasteiger partial charge in [-0.15, -0.1) is 0 Å². The van der Waals surface area contributed by atoms with Crippen LogP contribution in [-0.2, 0) is 10.0 Å². The molecule has 4 aliphatic rings. The molecule has 0 spiro atoms. The zero-order valence-corrected chi connectivity index (χ0v) is 16.7. The second kappa shape index (κ2) is 5.68. The Balaban J connectivity index is 1.33. The molecule has 1 saturated carbocycles. The van der Waals surface area contributed by atoms with E-state index >= 15 is 0 Å². The third-order valence-electron chi connectivity index (χ3n) is 7.23. The normalized spacial score (nSPS) is 30.5. The van der Waals surface area contributed by atoms with Crippen molar-refractivity contribution in [2.24, 2.45) is 11.8 Å². The van der Waals surface area contributed by atoms with E-state index in [2.05, 4.69) is 36.4 Å². The van der Waals surface area contributed by atoms with Gasteiger partial charge in [0.05, 0.1) is 4.90 Å². The monoisotopic (exact) mass is 389 g/mol. The summed E-state index contributed by atoms with van der Waals surface area (Å²) in [7, 11) is -3.45. The van der Waals surface area contributed by atoms with Gasteiger partial charge >= 0.3 is 0 Å². The van der Waals surface area contributed by atoms with Gasteiger partial charge in [-0.3, -0.25) is 0 Å². The molecular formula is C24H23NO2S. The Morgan fingerprint density at radius 2 is 1.36 bits per heavy atom. The van der Waals surface area contributed by atoms with E-state index < -0.39 is 10.0 Å². The molecule has 1 aliphatic heterocycles. The fourth-order valence-electron chi connectivity index (χ4n) is 5.89. The highest BCUT2D eigenvalue weighted by molar-refractivity contribution is 7.89. The standard InChI is InChI=1S/C24H23NO2S/c1-15-6-8-18(9-7-15)28(26,27)25-13-16-10-21-22(11-17(16)14-25)24-12-23(21)19-4-2-3-5-20(19)24/h2-11,21-24H,12-14H2,1H3. The van der Waals surface area contributed by atoms with Crippen LogP contribution in [0.3, 0.4) is 0 Å². The fraction of sp³-hybridized carbons (Fsp3) is 0.333. The number of hydrogen-bond acceptors (Lipinski definition) is 2. The van der Waals surface area contributed by atoms with Crippen LogP contribution < -0.4 is 0 Å². The minimum atomic E-state index is -3.45. The number of sulfonamides is 1. The molecule has 2 aromatic carbocycles. The van der Waals surface area contributed by atoms with Crippen molar-refractivity contribution in [2.75, 3.05) is 13.1 Å². The highest BCUT2D eigenvalue weighted by Gasteiger charge is 2.51. The molecule has 6 rings (SSSR count). The summed E-state index contributed by atoms with van der Waals surface area (Å²) in [5, 5.41) is 0. The van der Waals surface area contributed by atoms with Crippen LogP contribution in [0.4, 0.5) is 0 Å². The molecule has 28 heavy (non-hydrogen) atoms. The first-order valence-electron chi connectivity index (χ1n) is 10.1. The van der Waals surface area contributed by atoms with Gasteiger partial charge in [-0.2, -0.15) is 4.31 Å². The van der Waals surface area contributed by atoms with Crippen LogP contribution in [0.2, 0.25) is 0 Å². The van der Waals surface area contributed by atoms with Gasteiger partial charge in [-0.1, -0.05) is 54.1 Å². The van der Waals surface area contributed by atoms with Gasteiger partial charge in [0.15, 0.2) is 0 Å². The molecule has 4 heteroatoms. The maximum absolute atomic E-state index is 13.1. The van der Waals surface area contributed by atoms with Crippen molar-refractivity contribution >= 4 is 10.0 Å². The van der Waals surface area contributed by atoms with Gasteiger partial charge in [0.1, 0.15) is 0 Å². The second-order valence-corrected chi connectivity index (χ2v) is 10.6. The smallest absolute Gasteiger partial charge is 0.207 e. The zero-order chi connectivity index (χ0) is 19.0.